The van der Waals surface area contributed by atoms with Crippen molar-refractivity contribution in [3.63, 3.8) is 0 Å². The molecule has 0 saturated carbocycles. The van der Waals surface area contributed by atoms with E-state index in [0.717, 1.165) is 12.1 Å². The second-order valence-corrected chi connectivity index (χ2v) is 4.19. The van der Waals surface area contributed by atoms with Crippen LogP contribution in [-0.4, -0.2) is 12.0 Å². The van der Waals surface area contributed by atoms with Crippen LogP contribution in [0.5, 0.6) is 0 Å². The molecule has 1 N–H and O–H groups in total. The molecule has 1 atom stereocenters. The van der Waals surface area contributed by atoms with E-state index in [2.05, 4.69) is 10.3 Å². The normalized spacial score (nSPS) is 11.9. The van der Waals surface area contributed by atoms with Crippen LogP contribution >= 0.6 is 0 Å². The predicted molar refractivity (Wildman–Crippen MR) is 71.4 cm³/mol. The van der Waals surface area contributed by atoms with Gasteiger partial charge in [-0.2, -0.15) is 5.26 Å². The number of rotatable bonds is 4. The van der Waals surface area contributed by atoms with Gasteiger partial charge in [0.25, 0.3) is 0 Å². The SMILES string of the molecule is N#CC(Nc1ccc([B-](F)(F)F)cc1)c1cccnc1.[K+]. The zero-order chi connectivity index (χ0) is 14.6. The number of halogens is 3. The van der Waals surface area contributed by atoms with Gasteiger partial charge in [0.1, 0.15) is 6.04 Å². The molecule has 0 saturated heterocycles. The molecule has 2 rings (SSSR count). The van der Waals surface area contributed by atoms with E-state index in [1.807, 2.05) is 6.07 Å². The number of hydrogen-bond acceptors (Lipinski definition) is 3. The van der Waals surface area contributed by atoms with Crippen LogP contribution in [0.15, 0.2) is 48.8 Å². The van der Waals surface area contributed by atoms with Crippen LogP contribution in [0.2, 0.25) is 0 Å². The Bertz CT molecular complexity index is 611. The van der Waals surface area contributed by atoms with Crippen LogP contribution in [-0.2, 0) is 0 Å². The summed E-state index contributed by atoms with van der Waals surface area (Å²) >= 11 is 0. The molecule has 0 aliphatic carbocycles. The van der Waals surface area contributed by atoms with Gasteiger partial charge >= 0.3 is 58.4 Å². The topological polar surface area (TPSA) is 48.7 Å². The third-order valence-corrected chi connectivity index (χ3v) is 2.75. The quantitative estimate of drug-likeness (QED) is 0.796. The second kappa shape index (κ2) is 7.96. The van der Waals surface area contributed by atoms with Gasteiger partial charge in [-0.05, 0) is 18.2 Å². The molecule has 102 valence electrons. The van der Waals surface area contributed by atoms with Crippen molar-refractivity contribution in [3.8, 4) is 6.07 Å². The zero-order valence-electron chi connectivity index (χ0n) is 11.3. The number of nitrogens with one attached hydrogen (secondary N) is 1. The summed E-state index contributed by atoms with van der Waals surface area (Å²) in [5.74, 6) is 0. The Morgan fingerprint density at radius 1 is 1.14 bits per heavy atom. The molecule has 3 nitrogen and oxygen atoms in total. The Morgan fingerprint density at radius 2 is 1.81 bits per heavy atom. The van der Waals surface area contributed by atoms with E-state index in [1.165, 1.54) is 18.3 Å². The molecule has 1 unspecified atom stereocenters. The zero-order valence-corrected chi connectivity index (χ0v) is 14.4. The number of benzene rings is 1. The molecule has 1 heterocycles. The van der Waals surface area contributed by atoms with Crippen LogP contribution in [0.4, 0.5) is 18.6 Å². The number of anilines is 1. The van der Waals surface area contributed by atoms with Gasteiger partial charge in [-0.1, -0.05) is 18.2 Å². The fraction of sp³-hybridized carbons (Fsp3) is 0.0769. The van der Waals surface area contributed by atoms with Crippen LogP contribution < -0.4 is 62.2 Å². The number of nitriles is 1. The third kappa shape index (κ3) is 5.13. The Balaban J connectivity index is 0.00000220. The molecule has 8 heteroatoms. The average Bonchev–Trinajstić information content (AvgIpc) is 2.45. The van der Waals surface area contributed by atoms with Gasteiger partial charge < -0.3 is 18.3 Å². The minimum atomic E-state index is -5.00. The first-order chi connectivity index (χ1) is 9.50. The second-order valence-electron chi connectivity index (χ2n) is 4.19. The van der Waals surface area contributed by atoms with Gasteiger partial charge in [-0.25, -0.2) is 0 Å². The summed E-state index contributed by atoms with van der Waals surface area (Å²) in [6.45, 7) is -5.00. The summed E-state index contributed by atoms with van der Waals surface area (Å²) in [4.78, 5) is 3.90. The van der Waals surface area contributed by atoms with Crippen LogP contribution in [0.1, 0.15) is 11.6 Å². The fourth-order valence-electron chi connectivity index (χ4n) is 1.70. The van der Waals surface area contributed by atoms with Gasteiger partial charge in [0.2, 0.25) is 0 Å². The molecule has 0 aliphatic rings. The largest absolute Gasteiger partial charge is 1.00 e. The van der Waals surface area contributed by atoms with E-state index in [4.69, 9.17) is 5.26 Å². The molecule has 1 aromatic heterocycles. The number of hydrogen-bond donors (Lipinski definition) is 1. The monoisotopic (exact) mass is 315 g/mol. The summed E-state index contributed by atoms with van der Waals surface area (Å²) in [6.07, 6.45) is 3.12. The molecule has 0 bridgehead atoms. The van der Waals surface area contributed by atoms with E-state index in [0.29, 0.717) is 11.3 Å². The summed E-state index contributed by atoms with van der Waals surface area (Å²) in [6, 6.07) is 9.42. The standard InChI is InChI=1S/C13H10BF3N3.K/c15-14(16,17)11-3-5-12(6-4-11)20-13(8-18)10-2-1-7-19-9-10;/h1-7,9,13,20H;/q-1;+1. The van der Waals surface area contributed by atoms with Crippen molar-refractivity contribution in [2.75, 3.05) is 5.32 Å². The molecular weight excluding hydrogens is 305 g/mol. The molecule has 1 aromatic carbocycles. The van der Waals surface area contributed by atoms with E-state index < -0.39 is 18.5 Å². The summed E-state index contributed by atoms with van der Waals surface area (Å²) < 4.78 is 37.5. The maximum Gasteiger partial charge on any atom is 1.00 e. The Morgan fingerprint density at radius 3 is 2.29 bits per heavy atom. The van der Waals surface area contributed by atoms with Crippen molar-refractivity contribution < 1.29 is 64.3 Å². The Hall–Kier alpha value is -0.849. The Kier molecular flexibility index (Phi) is 6.90. The molecule has 0 amide bonds. The van der Waals surface area contributed by atoms with E-state index in [9.17, 15) is 12.9 Å². The van der Waals surface area contributed by atoms with Crippen molar-refractivity contribution in [2.45, 2.75) is 6.04 Å². The van der Waals surface area contributed by atoms with Crippen molar-refractivity contribution in [2.24, 2.45) is 0 Å². The molecule has 0 aliphatic heterocycles. The molecule has 0 fully saturated rings. The molecule has 21 heavy (non-hydrogen) atoms. The molecular formula is C13H10BF3KN3. The van der Waals surface area contributed by atoms with Gasteiger partial charge in [0.15, 0.2) is 0 Å². The molecule has 0 spiro atoms. The van der Waals surface area contributed by atoms with Crippen LogP contribution in [0, 0.1) is 11.3 Å². The fourth-order valence-corrected chi connectivity index (χ4v) is 1.70. The maximum absolute atomic E-state index is 12.5. The minimum Gasteiger partial charge on any atom is -0.445 e. The summed E-state index contributed by atoms with van der Waals surface area (Å²) in [5, 5.41) is 12.0. The average molecular weight is 315 g/mol. The van der Waals surface area contributed by atoms with Crippen LogP contribution in [0.3, 0.4) is 0 Å². The van der Waals surface area contributed by atoms with Crippen molar-refractivity contribution in [1.82, 2.24) is 4.98 Å². The van der Waals surface area contributed by atoms with Gasteiger partial charge in [0, 0.05) is 23.6 Å². The number of pyridine rings is 1. The first kappa shape index (κ1) is 18.2. The molecule has 0 radical (unpaired) electrons. The van der Waals surface area contributed by atoms with E-state index >= 15 is 0 Å². The van der Waals surface area contributed by atoms with Crippen molar-refractivity contribution in [3.05, 3.63) is 54.4 Å². The third-order valence-electron chi connectivity index (χ3n) is 2.75. The Labute approximate surface area is 163 Å². The van der Waals surface area contributed by atoms with Crippen molar-refractivity contribution in [1.29, 1.82) is 5.26 Å². The predicted octanol–water partition coefficient (Wildman–Crippen LogP) is -0.183. The van der Waals surface area contributed by atoms with E-state index in [-0.39, 0.29) is 51.4 Å². The summed E-state index contributed by atoms with van der Waals surface area (Å²) in [7, 11) is 0. The first-order valence-electron chi connectivity index (χ1n) is 5.86. The number of nitrogens with zero attached hydrogens (tertiary/aromatic N) is 2. The van der Waals surface area contributed by atoms with Gasteiger partial charge in [0.05, 0.1) is 6.07 Å². The van der Waals surface area contributed by atoms with E-state index in [1.54, 1.807) is 18.3 Å². The van der Waals surface area contributed by atoms with Gasteiger partial charge in [-0.3, -0.25) is 4.98 Å². The first-order valence-corrected chi connectivity index (χ1v) is 5.86. The molecule has 2 aromatic rings. The van der Waals surface area contributed by atoms with Crippen molar-refractivity contribution >= 4 is 18.1 Å². The maximum atomic E-state index is 12.5. The van der Waals surface area contributed by atoms with Gasteiger partial charge in [-0.15, -0.1) is 5.46 Å². The summed E-state index contributed by atoms with van der Waals surface area (Å²) in [5.41, 5.74) is 0.439. The number of aromatic nitrogens is 1. The van der Waals surface area contributed by atoms with Crippen LogP contribution in [0.25, 0.3) is 0 Å². The smallest absolute Gasteiger partial charge is 0.445 e. The minimum absolute atomic E-state index is 0.